The number of ketones is 1. The number of carbonyl (C=O) groups is 1. The number of hydrogen-bond donors (Lipinski definition) is 0. The number of carbonyl (C=O) groups excluding carboxylic acids is 1. The number of hydrogen-bond acceptors (Lipinski definition) is 4. The molecule has 3 aliphatic rings. The molecule has 1 heterocycles. The first-order valence-corrected chi connectivity index (χ1v) is 11.1. The van der Waals surface area contributed by atoms with E-state index in [0.717, 1.165) is 47.3 Å². The van der Waals surface area contributed by atoms with Crippen molar-refractivity contribution in [2.45, 2.75) is 53.1 Å². The van der Waals surface area contributed by atoms with E-state index in [0.29, 0.717) is 11.5 Å². The second kappa shape index (κ2) is 7.09. The third-order valence-electron chi connectivity index (χ3n) is 7.15. The minimum absolute atomic E-state index is 0.0372. The number of dihydropyridines is 1. The standard InChI is InChI=1S/C24H27BrN2O2/c1-23(2)20(11-15-10-19-17(21(15)28)6-5-9-27-19)24(3,4)22(23)29-16-8-7-14(13-26)18(25)12-16/h6-8,12,15,20,22H,5,9-11H2,1-4H3/t15?,20-,22-. The van der Waals surface area contributed by atoms with Gasteiger partial charge < -0.3 is 4.74 Å². The highest BCUT2D eigenvalue weighted by atomic mass is 79.9. The van der Waals surface area contributed by atoms with Gasteiger partial charge in [-0.15, -0.1) is 0 Å². The highest BCUT2D eigenvalue weighted by Crippen LogP contribution is 2.62. The molecule has 2 saturated carbocycles. The molecule has 5 heteroatoms. The van der Waals surface area contributed by atoms with Gasteiger partial charge in [0.25, 0.3) is 0 Å². The maximum Gasteiger partial charge on any atom is 0.167 e. The van der Waals surface area contributed by atoms with Crippen molar-refractivity contribution in [3.63, 3.8) is 0 Å². The van der Waals surface area contributed by atoms with Crippen molar-refractivity contribution in [3.05, 3.63) is 39.9 Å². The van der Waals surface area contributed by atoms with Crippen LogP contribution in [0.2, 0.25) is 0 Å². The molecule has 2 aliphatic carbocycles. The molecule has 0 radical (unpaired) electrons. The van der Waals surface area contributed by atoms with E-state index >= 15 is 0 Å². The molecule has 2 fully saturated rings. The molecule has 0 aromatic heterocycles. The van der Waals surface area contributed by atoms with E-state index in [1.807, 2.05) is 12.1 Å². The maximum atomic E-state index is 12.9. The van der Waals surface area contributed by atoms with Crippen molar-refractivity contribution in [2.75, 3.05) is 6.54 Å². The highest BCUT2D eigenvalue weighted by Gasteiger charge is 2.63. The Morgan fingerprint density at radius 3 is 2.62 bits per heavy atom. The fraction of sp³-hybridized carbons (Fsp3) is 0.542. The number of ether oxygens (including phenoxy) is 1. The Hall–Kier alpha value is -1.93. The lowest BCUT2D eigenvalue weighted by Gasteiger charge is -2.64. The third-order valence-corrected chi connectivity index (χ3v) is 7.81. The zero-order valence-corrected chi connectivity index (χ0v) is 19.0. The van der Waals surface area contributed by atoms with Crippen LogP contribution in [-0.4, -0.2) is 24.1 Å². The monoisotopic (exact) mass is 454 g/mol. The molecule has 1 aliphatic heterocycles. The summed E-state index contributed by atoms with van der Waals surface area (Å²) in [6.45, 7) is 9.80. The molecule has 1 atom stereocenters. The lowest BCUT2D eigenvalue weighted by Crippen LogP contribution is -2.66. The Morgan fingerprint density at radius 2 is 2.00 bits per heavy atom. The van der Waals surface area contributed by atoms with Gasteiger partial charge in [0, 0.05) is 45.5 Å². The van der Waals surface area contributed by atoms with Crippen LogP contribution < -0.4 is 4.74 Å². The number of benzene rings is 1. The largest absolute Gasteiger partial charge is 0.489 e. The van der Waals surface area contributed by atoms with Crippen LogP contribution in [0, 0.1) is 34.0 Å². The van der Waals surface area contributed by atoms with E-state index in [9.17, 15) is 4.79 Å². The highest BCUT2D eigenvalue weighted by molar-refractivity contribution is 9.10. The second-order valence-corrected chi connectivity index (χ2v) is 10.5. The summed E-state index contributed by atoms with van der Waals surface area (Å²) in [6.07, 6.45) is 4.67. The molecule has 1 unspecified atom stereocenters. The van der Waals surface area contributed by atoms with Gasteiger partial charge in [-0.05, 0) is 52.9 Å². The first kappa shape index (κ1) is 20.3. The molecule has 4 nitrogen and oxygen atoms in total. The Bertz CT molecular complexity index is 952. The first-order valence-electron chi connectivity index (χ1n) is 10.3. The van der Waals surface area contributed by atoms with Crippen molar-refractivity contribution in [2.24, 2.45) is 27.7 Å². The number of nitriles is 1. The van der Waals surface area contributed by atoms with Crippen molar-refractivity contribution in [1.82, 2.24) is 0 Å². The van der Waals surface area contributed by atoms with Gasteiger partial charge in [-0.3, -0.25) is 9.79 Å². The summed E-state index contributed by atoms with van der Waals surface area (Å²) in [6, 6.07) is 7.67. The molecule has 0 bridgehead atoms. The summed E-state index contributed by atoms with van der Waals surface area (Å²) in [5.74, 6) is 1.49. The average Bonchev–Trinajstić information content (AvgIpc) is 3.00. The summed E-state index contributed by atoms with van der Waals surface area (Å²) in [4.78, 5) is 17.5. The van der Waals surface area contributed by atoms with Gasteiger partial charge in [0.1, 0.15) is 17.9 Å². The predicted octanol–water partition coefficient (Wildman–Crippen LogP) is 5.50. The summed E-state index contributed by atoms with van der Waals surface area (Å²) in [5.41, 5.74) is 2.41. The van der Waals surface area contributed by atoms with E-state index in [4.69, 9.17) is 10.00 Å². The molecule has 152 valence electrons. The van der Waals surface area contributed by atoms with E-state index in [-0.39, 0.29) is 28.6 Å². The Kier molecular flexibility index (Phi) is 4.98. The number of aliphatic imine (C=N–C) groups is 1. The number of allylic oxidation sites excluding steroid dienone is 1. The Morgan fingerprint density at radius 1 is 1.28 bits per heavy atom. The molecule has 0 saturated heterocycles. The lowest BCUT2D eigenvalue weighted by molar-refractivity contribution is -0.204. The Labute approximate surface area is 181 Å². The van der Waals surface area contributed by atoms with Gasteiger partial charge >= 0.3 is 0 Å². The van der Waals surface area contributed by atoms with Crippen LogP contribution in [-0.2, 0) is 4.79 Å². The van der Waals surface area contributed by atoms with Crippen molar-refractivity contribution in [1.29, 1.82) is 5.26 Å². The maximum absolute atomic E-state index is 12.9. The van der Waals surface area contributed by atoms with Gasteiger partial charge in [0.05, 0.1) is 5.56 Å². The molecule has 1 aromatic carbocycles. The number of halogens is 1. The van der Waals surface area contributed by atoms with Crippen LogP contribution in [0.25, 0.3) is 0 Å². The fourth-order valence-electron chi connectivity index (χ4n) is 5.94. The van der Waals surface area contributed by atoms with E-state index in [1.165, 1.54) is 0 Å². The Balaban J connectivity index is 1.50. The smallest absolute Gasteiger partial charge is 0.167 e. The molecule has 1 aromatic rings. The zero-order chi connectivity index (χ0) is 21.0. The second-order valence-electron chi connectivity index (χ2n) is 9.68. The topological polar surface area (TPSA) is 62.4 Å². The van der Waals surface area contributed by atoms with E-state index < -0.39 is 0 Å². The molecular formula is C24H27BrN2O2. The van der Waals surface area contributed by atoms with Gasteiger partial charge in [-0.2, -0.15) is 5.26 Å². The minimum atomic E-state index is -0.0475. The molecule has 0 N–H and O–H groups in total. The van der Waals surface area contributed by atoms with E-state index in [1.54, 1.807) is 6.07 Å². The lowest BCUT2D eigenvalue weighted by atomic mass is 9.44. The van der Waals surface area contributed by atoms with Crippen molar-refractivity contribution < 1.29 is 9.53 Å². The molecule has 0 amide bonds. The molecule has 0 spiro atoms. The number of nitrogens with zero attached hydrogens (tertiary/aromatic N) is 2. The average molecular weight is 455 g/mol. The van der Waals surface area contributed by atoms with Crippen LogP contribution in [0.1, 0.15) is 52.5 Å². The zero-order valence-electron chi connectivity index (χ0n) is 17.5. The first-order chi connectivity index (χ1) is 13.7. The van der Waals surface area contributed by atoms with Crippen molar-refractivity contribution in [3.8, 4) is 11.8 Å². The SMILES string of the molecule is CC1(C)[C@H](CC2CC3=NCCC=C3C2=O)C(C)(C)[C@H]1Oc1ccc(C#N)c(Br)c1. The molecule has 29 heavy (non-hydrogen) atoms. The summed E-state index contributed by atoms with van der Waals surface area (Å²) >= 11 is 3.44. The normalized spacial score (nSPS) is 29.2. The molecule has 4 rings (SSSR count). The van der Waals surface area contributed by atoms with Gasteiger partial charge in [0.2, 0.25) is 0 Å². The van der Waals surface area contributed by atoms with Crippen LogP contribution in [0.5, 0.6) is 5.75 Å². The van der Waals surface area contributed by atoms with Crippen LogP contribution in [0.15, 0.2) is 39.3 Å². The summed E-state index contributed by atoms with van der Waals surface area (Å²) < 4.78 is 7.17. The van der Waals surface area contributed by atoms with Crippen LogP contribution >= 0.6 is 15.9 Å². The minimum Gasteiger partial charge on any atom is -0.489 e. The van der Waals surface area contributed by atoms with E-state index in [2.05, 4.69) is 60.8 Å². The van der Waals surface area contributed by atoms with Gasteiger partial charge in [-0.25, -0.2) is 0 Å². The van der Waals surface area contributed by atoms with Gasteiger partial charge in [0.15, 0.2) is 5.78 Å². The van der Waals surface area contributed by atoms with Gasteiger partial charge in [-0.1, -0.05) is 33.8 Å². The summed E-state index contributed by atoms with van der Waals surface area (Å²) in [5, 5.41) is 9.12. The van der Waals surface area contributed by atoms with Crippen molar-refractivity contribution >= 4 is 27.4 Å². The third kappa shape index (κ3) is 3.26. The quantitative estimate of drug-likeness (QED) is 0.602. The number of Topliss-reactive ketones (excluding diaryl/α,β-unsaturated/α-hetero) is 1. The molecular weight excluding hydrogens is 428 g/mol. The fourth-order valence-corrected chi connectivity index (χ4v) is 6.39. The number of fused-ring (bicyclic) bond motifs is 1. The van der Waals surface area contributed by atoms with Crippen LogP contribution in [0.3, 0.4) is 0 Å². The summed E-state index contributed by atoms with van der Waals surface area (Å²) in [7, 11) is 0. The number of rotatable bonds is 4. The van der Waals surface area contributed by atoms with Crippen LogP contribution in [0.4, 0.5) is 0 Å². The predicted molar refractivity (Wildman–Crippen MR) is 117 cm³/mol.